The molecule has 19 heavy (non-hydrogen) atoms. The van der Waals surface area contributed by atoms with Gasteiger partial charge in [0, 0.05) is 20.1 Å². The summed E-state index contributed by atoms with van der Waals surface area (Å²) < 4.78 is 15.6. The summed E-state index contributed by atoms with van der Waals surface area (Å²) in [5.74, 6) is -2.64. The molecule has 0 amide bonds. The van der Waals surface area contributed by atoms with Gasteiger partial charge in [-0.2, -0.15) is 0 Å². The van der Waals surface area contributed by atoms with Crippen molar-refractivity contribution in [2.24, 2.45) is 17.3 Å². The minimum Gasteiger partial charge on any atom is -0.469 e. The van der Waals surface area contributed by atoms with E-state index in [0.29, 0.717) is 6.42 Å². The van der Waals surface area contributed by atoms with Gasteiger partial charge in [-0.25, -0.2) is 0 Å². The molecule has 3 rings (SSSR count). The Morgan fingerprint density at radius 3 is 2.32 bits per heavy atom. The summed E-state index contributed by atoms with van der Waals surface area (Å²) in [6.45, 7) is 3.64. The summed E-state index contributed by atoms with van der Waals surface area (Å²) in [6.07, 6.45) is 2.46. The first kappa shape index (κ1) is 14.2. The molecular weight excluding hydrogens is 248 g/mol. The van der Waals surface area contributed by atoms with Crippen LogP contribution in [-0.2, 0) is 23.8 Å². The largest absolute Gasteiger partial charge is 0.469 e. The second-order valence-corrected chi connectivity index (χ2v) is 5.50. The zero-order valence-corrected chi connectivity index (χ0v) is 12.0. The van der Waals surface area contributed by atoms with Crippen LogP contribution in [0.5, 0.6) is 0 Å². The lowest BCUT2D eigenvalue weighted by atomic mass is 9.54. The van der Waals surface area contributed by atoms with Gasteiger partial charge in [0.1, 0.15) is 0 Å². The number of methoxy groups -OCH3 is 3. The number of hydrogen-bond acceptors (Lipinski definition) is 5. The third-order valence-electron chi connectivity index (χ3n) is 4.55. The summed E-state index contributed by atoms with van der Waals surface area (Å²) in [4.78, 5) is 24.8. The topological polar surface area (TPSA) is 61.8 Å². The van der Waals surface area contributed by atoms with Crippen molar-refractivity contribution in [2.45, 2.75) is 26.1 Å². The molecule has 1 saturated carbocycles. The molecule has 0 aromatic rings. The van der Waals surface area contributed by atoms with E-state index in [9.17, 15) is 9.59 Å². The highest BCUT2D eigenvalue weighted by Gasteiger charge is 2.65. The van der Waals surface area contributed by atoms with Crippen LogP contribution in [-0.4, -0.2) is 38.9 Å². The van der Waals surface area contributed by atoms with E-state index < -0.39 is 17.1 Å². The Labute approximate surface area is 112 Å². The van der Waals surface area contributed by atoms with Crippen LogP contribution in [0.4, 0.5) is 0 Å². The van der Waals surface area contributed by atoms with E-state index in [1.807, 2.05) is 13.0 Å². The molecule has 0 radical (unpaired) electrons. The van der Waals surface area contributed by atoms with Crippen LogP contribution in [0.2, 0.25) is 0 Å². The maximum Gasteiger partial charge on any atom is 0.312 e. The van der Waals surface area contributed by atoms with Crippen molar-refractivity contribution in [3.8, 4) is 0 Å². The number of ether oxygens (including phenoxy) is 3. The number of Topliss-reactive ketones (excluding diaryl/α,β-unsaturated/α-hetero) is 1. The average Bonchev–Trinajstić information content (AvgIpc) is 2.38. The van der Waals surface area contributed by atoms with Gasteiger partial charge >= 0.3 is 5.97 Å². The first-order valence-electron chi connectivity index (χ1n) is 6.28. The molecule has 0 spiro atoms. The van der Waals surface area contributed by atoms with Gasteiger partial charge in [-0.3, -0.25) is 9.59 Å². The smallest absolute Gasteiger partial charge is 0.312 e. The number of fused-ring (bicyclic) bond motifs is 2. The van der Waals surface area contributed by atoms with Crippen LogP contribution < -0.4 is 0 Å². The maximum absolute atomic E-state index is 12.7. The minimum atomic E-state index is -1.27. The van der Waals surface area contributed by atoms with Crippen molar-refractivity contribution in [3.63, 3.8) is 0 Å². The minimum absolute atomic E-state index is 0.193. The van der Waals surface area contributed by atoms with E-state index in [4.69, 9.17) is 14.2 Å². The van der Waals surface area contributed by atoms with E-state index in [2.05, 4.69) is 0 Å². The highest BCUT2D eigenvalue weighted by molar-refractivity contribution is 5.98. The van der Waals surface area contributed by atoms with E-state index >= 15 is 0 Å². The highest BCUT2D eigenvalue weighted by atomic mass is 16.7. The predicted octanol–water partition coefficient (Wildman–Crippen LogP) is 1.32. The van der Waals surface area contributed by atoms with Gasteiger partial charge < -0.3 is 14.2 Å². The molecule has 5 heteroatoms. The standard InChI is InChI=1S/C14H20O5/c1-8-6-9-7-13(2,12(16)17-3)10(8)11(15)14(9,18-4)19-5/h6,9-10H,7H2,1-5H3/t9-,10-,13+/m0/s1. The van der Waals surface area contributed by atoms with Gasteiger partial charge in [0.25, 0.3) is 0 Å². The summed E-state index contributed by atoms with van der Waals surface area (Å²) >= 11 is 0. The quantitative estimate of drug-likeness (QED) is 0.439. The van der Waals surface area contributed by atoms with E-state index in [0.717, 1.165) is 5.57 Å². The van der Waals surface area contributed by atoms with Crippen molar-refractivity contribution < 1.29 is 23.8 Å². The molecule has 0 aromatic carbocycles. The molecule has 3 atom stereocenters. The Kier molecular flexibility index (Phi) is 3.31. The second kappa shape index (κ2) is 4.42. The van der Waals surface area contributed by atoms with Crippen molar-refractivity contribution in [1.82, 2.24) is 0 Å². The van der Waals surface area contributed by atoms with Crippen LogP contribution in [0.25, 0.3) is 0 Å². The average molecular weight is 268 g/mol. The zero-order chi connectivity index (χ0) is 14.4. The summed E-state index contributed by atoms with van der Waals surface area (Å²) in [5.41, 5.74) is 0.0504. The molecule has 0 N–H and O–H groups in total. The predicted molar refractivity (Wildman–Crippen MR) is 67.2 cm³/mol. The van der Waals surface area contributed by atoms with E-state index in [1.54, 1.807) is 6.92 Å². The number of rotatable bonds is 3. The van der Waals surface area contributed by atoms with E-state index in [1.165, 1.54) is 21.3 Å². The molecule has 1 fully saturated rings. The van der Waals surface area contributed by atoms with Gasteiger partial charge in [0.2, 0.25) is 11.6 Å². The van der Waals surface area contributed by atoms with Gasteiger partial charge in [-0.15, -0.1) is 0 Å². The monoisotopic (exact) mass is 268 g/mol. The Balaban J connectivity index is 2.53. The number of carbonyl (C=O) groups is 2. The molecule has 0 aromatic heterocycles. The number of allylic oxidation sites excluding steroid dienone is 1. The van der Waals surface area contributed by atoms with Crippen molar-refractivity contribution in [1.29, 1.82) is 0 Å². The number of carbonyl (C=O) groups excluding carboxylic acids is 2. The first-order chi connectivity index (χ1) is 8.87. The van der Waals surface area contributed by atoms with Crippen molar-refractivity contribution >= 4 is 11.8 Å². The fourth-order valence-corrected chi connectivity index (χ4v) is 3.70. The molecule has 2 bridgehead atoms. The lowest BCUT2D eigenvalue weighted by molar-refractivity contribution is -0.247. The maximum atomic E-state index is 12.7. The van der Waals surface area contributed by atoms with Gasteiger partial charge in [0.05, 0.1) is 18.4 Å². The molecule has 106 valence electrons. The SMILES string of the molecule is COC(=O)[C@]1(C)C[C@@H]2C=C(C)[C@H]1C(=O)C2(OC)OC. The zero-order valence-electron chi connectivity index (χ0n) is 12.0. The molecular formula is C14H20O5. The molecule has 0 aliphatic heterocycles. The Morgan fingerprint density at radius 2 is 1.89 bits per heavy atom. The molecule has 3 aliphatic carbocycles. The summed E-state index contributed by atoms with van der Waals surface area (Å²) in [5, 5.41) is 0. The molecule has 0 heterocycles. The lowest BCUT2D eigenvalue weighted by Gasteiger charge is -2.53. The Hall–Kier alpha value is -1.20. The first-order valence-corrected chi connectivity index (χ1v) is 6.28. The number of hydrogen-bond donors (Lipinski definition) is 0. The third-order valence-corrected chi connectivity index (χ3v) is 4.55. The van der Waals surface area contributed by atoms with E-state index in [-0.39, 0.29) is 17.7 Å². The summed E-state index contributed by atoms with van der Waals surface area (Å²) in [6, 6.07) is 0. The molecule has 5 nitrogen and oxygen atoms in total. The van der Waals surface area contributed by atoms with Crippen molar-refractivity contribution in [2.75, 3.05) is 21.3 Å². The molecule has 3 aliphatic rings. The highest BCUT2D eigenvalue weighted by Crippen LogP contribution is 2.55. The summed E-state index contributed by atoms with van der Waals surface area (Å²) in [7, 11) is 4.26. The fourth-order valence-electron chi connectivity index (χ4n) is 3.70. The Morgan fingerprint density at radius 1 is 1.32 bits per heavy atom. The second-order valence-electron chi connectivity index (χ2n) is 5.50. The lowest BCUT2D eigenvalue weighted by Crippen LogP contribution is -2.64. The Bertz CT molecular complexity index is 449. The fraction of sp³-hybridized carbons (Fsp3) is 0.714. The molecule has 0 saturated heterocycles. The van der Waals surface area contributed by atoms with Crippen LogP contribution in [0.15, 0.2) is 11.6 Å². The van der Waals surface area contributed by atoms with Crippen LogP contribution in [0.1, 0.15) is 20.3 Å². The van der Waals surface area contributed by atoms with Gasteiger partial charge in [0.15, 0.2) is 0 Å². The van der Waals surface area contributed by atoms with Crippen LogP contribution >= 0.6 is 0 Å². The van der Waals surface area contributed by atoms with Gasteiger partial charge in [-0.1, -0.05) is 11.6 Å². The van der Waals surface area contributed by atoms with Crippen LogP contribution in [0, 0.1) is 17.3 Å². The van der Waals surface area contributed by atoms with Crippen molar-refractivity contribution in [3.05, 3.63) is 11.6 Å². The van der Waals surface area contributed by atoms with Crippen LogP contribution in [0.3, 0.4) is 0 Å². The number of ketones is 1. The number of esters is 1. The van der Waals surface area contributed by atoms with Gasteiger partial charge in [-0.05, 0) is 20.3 Å². The normalized spacial score (nSPS) is 36.1. The molecule has 0 unspecified atom stereocenters. The third kappa shape index (κ3) is 1.61.